The van der Waals surface area contributed by atoms with Crippen LogP contribution in [0.3, 0.4) is 0 Å². The number of pyridine rings is 1. The largest absolute Gasteiger partial charge is 0.433 e. The summed E-state index contributed by atoms with van der Waals surface area (Å²) in [5, 5.41) is 4.27. The minimum atomic E-state index is -4.47. The van der Waals surface area contributed by atoms with E-state index in [1.807, 2.05) is 12.1 Å². The summed E-state index contributed by atoms with van der Waals surface area (Å²) < 4.78 is 41.0. The molecule has 136 valence electrons. The van der Waals surface area contributed by atoms with Crippen molar-refractivity contribution < 1.29 is 13.2 Å². The Morgan fingerprint density at radius 2 is 1.96 bits per heavy atom. The van der Waals surface area contributed by atoms with E-state index in [4.69, 9.17) is 0 Å². The summed E-state index contributed by atoms with van der Waals surface area (Å²) >= 11 is 0. The smallest absolute Gasteiger partial charge is 0.290 e. The maximum atomic E-state index is 13.3. The lowest BCUT2D eigenvalue weighted by Crippen LogP contribution is -2.23. The molecule has 0 saturated carbocycles. The Bertz CT molecular complexity index is 920. The number of nitrogens with zero attached hydrogens (tertiary/aromatic N) is 5. The number of halogens is 3. The molecule has 1 unspecified atom stereocenters. The minimum absolute atomic E-state index is 0.00810. The van der Waals surface area contributed by atoms with Crippen molar-refractivity contribution in [1.29, 1.82) is 0 Å². The quantitative estimate of drug-likeness (QED) is 0.712. The highest BCUT2D eigenvalue weighted by molar-refractivity contribution is 5.43. The predicted molar refractivity (Wildman–Crippen MR) is 89.3 cm³/mol. The van der Waals surface area contributed by atoms with Gasteiger partial charge in [-0.3, -0.25) is 9.88 Å². The van der Waals surface area contributed by atoms with Gasteiger partial charge in [0.1, 0.15) is 5.69 Å². The first-order chi connectivity index (χ1) is 12.4. The molecular formula is C18H18F3N5. The third-order valence-electron chi connectivity index (χ3n) is 4.70. The van der Waals surface area contributed by atoms with Crippen molar-refractivity contribution in [3.63, 3.8) is 0 Å². The molecule has 4 rings (SSSR count). The van der Waals surface area contributed by atoms with Gasteiger partial charge in [-0.15, -0.1) is 0 Å². The van der Waals surface area contributed by atoms with Crippen LogP contribution in [0.25, 0.3) is 5.65 Å². The molecule has 0 spiro atoms. The van der Waals surface area contributed by atoms with E-state index in [1.165, 1.54) is 0 Å². The third kappa shape index (κ3) is 3.16. The minimum Gasteiger partial charge on any atom is -0.290 e. The Morgan fingerprint density at radius 1 is 1.19 bits per heavy atom. The highest BCUT2D eigenvalue weighted by Gasteiger charge is 2.36. The lowest BCUT2D eigenvalue weighted by molar-refractivity contribution is -0.142. The fraction of sp³-hybridized carbons (Fsp3) is 0.389. The van der Waals surface area contributed by atoms with Crippen LogP contribution >= 0.6 is 0 Å². The summed E-state index contributed by atoms with van der Waals surface area (Å²) in [5.41, 5.74) is 1.55. The van der Waals surface area contributed by atoms with Crippen LogP contribution in [0.2, 0.25) is 0 Å². The van der Waals surface area contributed by atoms with E-state index in [0.717, 1.165) is 42.1 Å². The van der Waals surface area contributed by atoms with Crippen LogP contribution in [0.15, 0.2) is 36.7 Å². The van der Waals surface area contributed by atoms with Crippen molar-refractivity contribution in [1.82, 2.24) is 24.5 Å². The first-order valence-electron chi connectivity index (χ1n) is 8.49. The maximum Gasteiger partial charge on any atom is 0.433 e. The summed E-state index contributed by atoms with van der Waals surface area (Å²) in [6.07, 6.45) is 0.875. The van der Waals surface area contributed by atoms with Gasteiger partial charge in [-0.25, -0.2) is 9.50 Å². The fourth-order valence-electron chi connectivity index (χ4n) is 3.56. The zero-order chi connectivity index (χ0) is 18.3. The van der Waals surface area contributed by atoms with E-state index >= 15 is 0 Å². The molecule has 26 heavy (non-hydrogen) atoms. The zero-order valence-electron chi connectivity index (χ0n) is 14.2. The molecule has 3 aromatic heterocycles. The molecule has 0 amide bonds. The monoisotopic (exact) mass is 361 g/mol. The SMILES string of the molecule is Cc1cc(C(F)(F)F)n2nc(C3CCCN3Cc3ccncc3)cc2n1. The van der Waals surface area contributed by atoms with E-state index < -0.39 is 11.9 Å². The third-order valence-corrected chi connectivity index (χ3v) is 4.70. The highest BCUT2D eigenvalue weighted by Crippen LogP contribution is 2.35. The molecule has 8 heteroatoms. The molecule has 0 aliphatic carbocycles. The van der Waals surface area contributed by atoms with Crippen LogP contribution in [-0.4, -0.2) is 31.0 Å². The second kappa shape index (κ2) is 6.35. The van der Waals surface area contributed by atoms with Gasteiger partial charge in [-0.05, 0) is 50.1 Å². The van der Waals surface area contributed by atoms with Crippen molar-refractivity contribution in [2.75, 3.05) is 6.54 Å². The number of fused-ring (bicyclic) bond motifs is 1. The standard InChI is InChI=1S/C18H18F3N5/c1-12-9-16(18(19,20)21)26-17(23-12)10-14(24-26)15-3-2-8-25(15)11-13-4-6-22-7-5-13/h4-7,9-10,15H,2-3,8,11H2,1H3. The van der Waals surface area contributed by atoms with Crippen molar-refractivity contribution in [3.8, 4) is 0 Å². The Kier molecular flexibility index (Phi) is 4.14. The molecule has 1 saturated heterocycles. The second-order valence-corrected chi connectivity index (χ2v) is 6.60. The van der Waals surface area contributed by atoms with Crippen molar-refractivity contribution >= 4 is 5.65 Å². The van der Waals surface area contributed by atoms with Crippen molar-refractivity contribution in [2.45, 2.75) is 38.5 Å². The molecular weight excluding hydrogens is 343 g/mol. The summed E-state index contributed by atoms with van der Waals surface area (Å²) in [7, 11) is 0. The van der Waals surface area contributed by atoms with Gasteiger partial charge in [0.15, 0.2) is 5.65 Å². The first-order valence-corrected chi connectivity index (χ1v) is 8.49. The van der Waals surface area contributed by atoms with Gasteiger partial charge in [0.05, 0.1) is 11.7 Å². The van der Waals surface area contributed by atoms with Gasteiger partial charge in [-0.1, -0.05) is 0 Å². The number of hydrogen-bond acceptors (Lipinski definition) is 4. The van der Waals surface area contributed by atoms with E-state index in [0.29, 0.717) is 11.4 Å². The second-order valence-electron chi connectivity index (χ2n) is 6.60. The van der Waals surface area contributed by atoms with Gasteiger partial charge >= 0.3 is 6.18 Å². The fourth-order valence-corrected chi connectivity index (χ4v) is 3.56. The topological polar surface area (TPSA) is 46.3 Å². The van der Waals surface area contributed by atoms with Crippen molar-refractivity contribution in [2.24, 2.45) is 0 Å². The van der Waals surface area contributed by atoms with Crippen LogP contribution < -0.4 is 0 Å². The average molecular weight is 361 g/mol. The van der Waals surface area contributed by atoms with E-state index in [1.54, 1.807) is 25.4 Å². The number of hydrogen-bond donors (Lipinski definition) is 0. The molecule has 5 nitrogen and oxygen atoms in total. The van der Waals surface area contributed by atoms with E-state index in [9.17, 15) is 13.2 Å². The van der Waals surface area contributed by atoms with Gasteiger partial charge < -0.3 is 0 Å². The summed E-state index contributed by atoms with van der Waals surface area (Å²) in [6.45, 7) is 3.17. The lowest BCUT2D eigenvalue weighted by Gasteiger charge is -2.22. The number of alkyl halides is 3. The maximum absolute atomic E-state index is 13.3. The molecule has 4 heterocycles. The number of rotatable bonds is 3. The van der Waals surface area contributed by atoms with Crippen LogP contribution in [0.4, 0.5) is 13.2 Å². The van der Waals surface area contributed by atoms with E-state index in [-0.39, 0.29) is 11.7 Å². The average Bonchev–Trinajstić information content (AvgIpc) is 3.20. The molecule has 0 N–H and O–H groups in total. The van der Waals surface area contributed by atoms with E-state index in [2.05, 4.69) is 20.0 Å². The van der Waals surface area contributed by atoms with Gasteiger partial charge in [0.2, 0.25) is 0 Å². The summed E-state index contributed by atoms with van der Waals surface area (Å²) in [5.74, 6) is 0. The molecule has 0 aromatic carbocycles. The number of aromatic nitrogens is 4. The summed E-state index contributed by atoms with van der Waals surface area (Å²) in [6, 6.07) is 6.61. The molecule has 0 bridgehead atoms. The predicted octanol–water partition coefficient (Wildman–Crippen LogP) is 3.79. The Balaban J connectivity index is 1.70. The van der Waals surface area contributed by atoms with Crippen LogP contribution in [0, 0.1) is 6.92 Å². The van der Waals surface area contributed by atoms with Crippen molar-refractivity contribution in [3.05, 3.63) is 59.3 Å². The number of likely N-dealkylation sites (tertiary alicyclic amines) is 1. The normalized spacial score (nSPS) is 18.7. The Hall–Kier alpha value is -2.48. The van der Waals surface area contributed by atoms with Crippen LogP contribution in [-0.2, 0) is 12.7 Å². The van der Waals surface area contributed by atoms with Gasteiger partial charge in [0.25, 0.3) is 0 Å². The molecule has 0 radical (unpaired) electrons. The zero-order valence-corrected chi connectivity index (χ0v) is 14.2. The molecule has 1 aliphatic heterocycles. The number of aryl methyl sites for hydroxylation is 1. The van der Waals surface area contributed by atoms with Gasteiger partial charge in [-0.2, -0.15) is 18.3 Å². The van der Waals surface area contributed by atoms with Crippen LogP contribution in [0.5, 0.6) is 0 Å². The summed E-state index contributed by atoms with van der Waals surface area (Å²) in [4.78, 5) is 10.5. The molecule has 1 fully saturated rings. The molecule has 1 atom stereocenters. The Morgan fingerprint density at radius 3 is 2.69 bits per heavy atom. The lowest BCUT2D eigenvalue weighted by atomic mass is 10.1. The van der Waals surface area contributed by atoms with Crippen LogP contribution in [0.1, 0.15) is 41.5 Å². The van der Waals surface area contributed by atoms with Gasteiger partial charge in [0, 0.05) is 30.7 Å². The first kappa shape index (κ1) is 17.0. The highest BCUT2D eigenvalue weighted by atomic mass is 19.4. The molecule has 1 aliphatic rings. The Labute approximate surface area is 148 Å². The molecule has 3 aromatic rings.